The van der Waals surface area contributed by atoms with Crippen molar-refractivity contribution in [3.63, 3.8) is 0 Å². The molecule has 0 amide bonds. The number of hydrogen-bond acceptors (Lipinski definition) is 5. The molecule has 5 heteroatoms. The van der Waals surface area contributed by atoms with Gasteiger partial charge in [0.2, 0.25) is 0 Å². The van der Waals surface area contributed by atoms with Gasteiger partial charge in [-0.1, -0.05) is 32.1 Å². The van der Waals surface area contributed by atoms with E-state index < -0.39 is 0 Å². The molecule has 1 N–H and O–H groups in total. The molecular formula is C16H27N3OS. The number of thiazole rings is 1. The third-order valence-corrected chi connectivity index (χ3v) is 5.91. The minimum Gasteiger partial charge on any atom is -0.380 e. The van der Waals surface area contributed by atoms with Gasteiger partial charge in [0, 0.05) is 31.1 Å². The zero-order valence-corrected chi connectivity index (χ0v) is 14.4. The normalized spacial score (nSPS) is 27.9. The topological polar surface area (TPSA) is 37.4 Å². The first-order valence-corrected chi connectivity index (χ1v) is 8.85. The molecule has 118 valence electrons. The SMILES string of the molecule is CCNC1CC(C)(C)Cc2nc(N3CCC(OC)C3)sc21. The van der Waals surface area contributed by atoms with Crippen LogP contribution in [0.5, 0.6) is 0 Å². The Balaban J connectivity index is 1.84. The van der Waals surface area contributed by atoms with Crippen molar-refractivity contribution in [2.24, 2.45) is 5.41 Å². The van der Waals surface area contributed by atoms with Crippen LogP contribution in [0.2, 0.25) is 0 Å². The summed E-state index contributed by atoms with van der Waals surface area (Å²) in [5.74, 6) is 0. The van der Waals surface area contributed by atoms with Crippen LogP contribution >= 0.6 is 11.3 Å². The van der Waals surface area contributed by atoms with Crippen LogP contribution in [0.3, 0.4) is 0 Å². The van der Waals surface area contributed by atoms with Crippen LogP contribution in [0.1, 0.15) is 50.2 Å². The van der Waals surface area contributed by atoms with E-state index in [0.717, 1.165) is 32.5 Å². The lowest BCUT2D eigenvalue weighted by atomic mass is 9.76. The van der Waals surface area contributed by atoms with Gasteiger partial charge in [0.15, 0.2) is 5.13 Å². The average Bonchev–Trinajstić information content (AvgIpc) is 3.03. The Morgan fingerprint density at radius 2 is 2.29 bits per heavy atom. The van der Waals surface area contributed by atoms with Crippen molar-refractivity contribution >= 4 is 16.5 Å². The molecule has 1 aliphatic carbocycles. The Bertz CT molecular complexity index is 500. The van der Waals surface area contributed by atoms with Crippen LogP contribution in [0.15, 0.2) is 0 Å². The molecule has 0 saturated carbocycles. The number of rotatable bonds is 4. The monoisotopic (exact) mass is 309 g/mol. The van der Waals surface area contributed by atoms with Crippen molar-refractivity contribution in [3.05, 3.63) is 10.6 Å². The fourth-order valence-corrected chi connectivity index (χ4v) is 4.75. The summed E-state index contributed by atoms with van der Waals surface area (Å²) < 4.78 is 5.48. The molecular weight excluding hydrogens is 282 g/mol. The van der Waals surface area contributed by atoms with E-state index >= 15 is 0 Å². The van der Waals surface area contributed by atoms with Gasteiger partial charge < -0.3 is 15.0 Å². The summed E-state index contributed by atoms with van der Waals surface area (Å²) in [5.41, 5.74) is 1.66. The van der Waals surface area contributed by atoms with Crippen molar-refractivity contribution in [3.8, 4) is 0 Å². The van der Waals surface area contributed by atoms with Crippen LogP contribution in [-0.4, -0.2) is 37.8 Å². The van der Waals surface area contributed by atoms with Crippen LogP contribution in [0.25, 0.3) is 0 Å². The van der Waals surface area contributed by atoms with E-state index in [0.29, 0.717) is 17.6 Å². The maximum absolute atomic E-state index is 5.48. The number of aromatic nitrogens is 1. The minimum absolute atomic E-state index is 0.339. The fraction of sp³-hybridized carbons (Fsp3) is 0.812. The molecule has 1 aromatic heterocycles. The largest absolute Gasteiger partial charge is 0.380 e. The molecule has 2 unspecified atom stereocenters. The zero-order chi connectivity index (χ0) is 15.0. The number of methoxy groups -OCH3 is 1. The maximum Gasteiger partial charge on any atom is 0.185 e. The highest BCUT2D eigenvalue weighted by Gasteiger charge is 2.36. The minimum atomic E-state index is 0.339. The first-order valence-electron chi connectivity index (χ1n) is 8.03. The van der Waals surface area contributed by atoms with E-state index in [2.05, 4.69) is 31.0 Å². The van der Waals surface area contributed by atoms with Crippen molar-refractivity contribution in [2.45, 2.75) is 52.2 Å². The molecule has 0 spiro atoms. The summed E-state index contributed by atoms with van der Waals surface area (Å²) in [4.78, 5) is 8.84. The fourth-order valence-electron chi connectivity index (χ4n) is 3.56. The molecule has 2 heterocycles. The van der Waals surface area contributed by atoms with E-state index in [4.69, 9.17) is 9.72 Å². The molecule has 1 saturated heterocycles. The summed E-state index contributed by atoms with van der Waals surface area (Å²) in [6, 6.07) is 0.473. The highest BCUT2D eigenvalue weighted by Crippen LogP contribution is 2.45. The Kier molecular flexibility index (Phi) is 4.26. The average molecular weight is 309 g/mol. The van der Waals surface area contributed by atoms with Gasteiger partial charge in [0.25, 0.3) is 0 Å². The number of ether oxygens (including phenoxy) is 1. The Morgan fingerprint density at radius 1 is 1.48 bits per heavy atom. The third kappa shape index (κ3) is 3.10. The molecule has 1 aliphatic heterocycles. The summed E-state index contributed by atoms with van der Waals surface area (Å²) in [7, 11) is 1.81. The molecule has 0 radical (unpaired) electrons. The summed E-state index contributed by atoms with van der Waals surface area (Å²) in [5, 5.41) is 4.84. The molecule has 0 bridgehead atoms. The van der Waals surface area contributed by atoms with Gasteiger partial charge in [-0.25, -0.2) is 4.98 Å². The van der Waals surface area contributed by atoms with Crippen molar-refractivity contribution in [1.29, 1.82) is 0 Å². The lowest BCUT2D eigenvalue weighted by Crippen LogP contribution is -2.32. The quantitative estimate of drug-likeness (QED) is 0.928. The second kappa shape index (κ2) is 5.86. The molecule has 1 aromatic rings. The van der Waals surface area contributed by atoms with Crippen molar-refractivity contribution in [2.75, 3.05) is 31.6 Å². The standard InChI is InChI=1S/C16H27N3OS/c1-5-17-12-8-16(2,3)9-13-14(12)21-15(18-13)19-7-6-11(10-19)20-4/h11-12,17H,5-10H2,1-4H3. The molecule has 3 rings (SSSR count). The number of anilines is 1. The van der Waals surface area contributed by atoms with Crippen molar-refractivity contribution in [1.82, 2.24) is 10.3 Å². The Hall–Kier alpha value is -0.650. The predicted molar refractivity (Wildman–Crippen MR) is 88.3 cm³/mol. The number of fused-ring (bicyclic) bond motifs is 1. The van der Waals surface area contributed by atoms with Crippen LogP contribution in [-0.2, 0) is 11.2 Å². The van der Waals surface area contributed by atoms with E-state index in [9.17, 15) is 0 Å². The maximum atomic E-state index is 5.48. The Morgan fingerprint density at radius 3 is 2.95 bits per heavy atom. The number of nitrogens with one attached hydrogen (secondary N) is 1. The first-order chi connectivity index (χ1) is 10.0. The van der Waals surface area contributed by atoms with E-state index in [1.807, 2.05) is 18.4 Å². The second-order valence-corrected chi connectivity index (χ2v) is 8.06. The Labute approximate surface area is 131 Å². The lowest BCUT2D eigenvalue weighted by molar-refractivity contribution is 0.121. The van der Waals surface area contributed by atoms with Crippen LogP contribution in [0, 0.1) is 5.41 Å². The summed E-state index contributed by atoms with van der Waals surface area (Å²) in [6.45, 7) is 9.97. The van der Waals surface area contributed by atoms with Gasteiger partial charge in [-0.2, -0.15) is 0 Å². The molecule has 2 atom stereocenters. The zero-order valence-electron chi connectivity index (χ0n) is 13.6. The van der Waals surface area contributed by atoms with E-state index in [1.54, 1.807) is 0 Å². The summed E-state index contributed by atoms with van der Waals surface area (Å²) >= 11 is 1.89. The molecule has 2 aliphatic rings. The molecule has 21 heavy (non-hydrogen) atoms. The van der Waals surface area contributed by atoms with E-state index in [1.165, 1.54) is 22.1 Å². The van der Waals surface area contributed by atoms with Gasteiger partial charge in [-0.3, -0.25) is 0 Å². The van der Waals surface area contributed by atoms with Crippen LogP contribution < -0.4 is 10.2 Å². The molecule has 0 aromatic carbocycles. The van der Waals surface area contributed by atoms with E-state index in [-0.39, 0.29) is 0 Å². The lowest BCUT2D eigenvalue weighted by Gasteiger charge is -2.34. The van der Waals surface area contributed by atoms with Gasteiger partial charge >= 0.3 is 0 Å². The predicted octanol–water partition coefficient (Wildman–Crippen LogP) is 2.99. The van der Waals surface area contributed by atoms with Gasteiger partial charge in [-0.05, 0) is 31.2 Å². The van der Waals surface area contributed by atoms with Gasteiger partial charge in [0.05, 0.1) is 11.8 Å². The highest BCUT2D eigenvalue weighted by molar-refractivity contribution is 7.15. The van der Waals surface area contributed by atoms with Gasteiger partial charge in [0.1, 0.15) is 0 Å². The molecule has 1 fully saturated rings. The second-order valence-electron chi connectivity index (χ2n) is 7.06. The van der Waals surface area contributed by atoms with Gasteiger partial charge in [-0.15, -0.1) is 0 Å². The molecule has 4 nitrogen and oxygen atoms in total. The summed E-state index contributed by atoms with van der Waals surface area (Å²) in [6.07, 6.45) is 3.79. The number of hydrogen-bond donors (Lipinski definition) is 1. The van der Waals surface area contributed by atoms with Crippen LogP contribution in [0.4, 0.5) is 5.13 Å². The van der Waals surface area contributed by atoms with Crippen molar-refractivity contribution < 1.29 is 4.74 Å². The number of nitrogens with zero attached hydrogens (tertiary/aromatic N) is 2. The first kappa shape index (κ1) is 15.3. The highest BCUT2D eigenvalue weighted by atomic mass is 32.1. The third-order valence-electron chi connectivity index (χ3n) is 4.63. The smallest absolute Gasteiger partial charge is 0.185 e.